The highest BCUT2D eigenvalue weighted by molar-refractivity contribution is 6.35. The zero-order chi connectivity index (χ0) is 29.2. The van der Waals surface area contributed by atoms with Crippen LogP contribution in [0.25, 0.3) is 11.0 Å². The summed E-state index contributed by atoms with van der Waals surface area (Å²) in [6.07, 6.45) is 3.70. The van der Waals surface area contributed by atoms with Crippen molar-refractivity contribution < 1.29 is 19.4 Å². The van der Waals surface area contributed by atoms with Crippen LogP contribution >= 0.6 is 23.2 Å². The van der Waals surface area contributed by atoms with E-state index in [4.69, 9.17) is 37.7 Å². The first kappa shape index (κ1) is 28.1. The Morgan fingerprint density at radius 3 is 2.71 bits per heavy atom. The highest BCUT2D eigenvalue weighted by Crippen LogP contribution is 2.29. The average molecular weight is 607 g/mol. The Balaban J connectivity index is 1.11. The van der Waals surface area contributed by atoms with Gasteiger partial charge in [0.2, 0.25) is 0 Å². The van der Waals surface area contributed by atoms with E-state index in [9.17, 15) is 9.90 Å². The van der Waals surface area contributed by atoms with E-state index in [0.717, 1.165) is 53.5 Å². The molecule has 11 heteroatoms. The number of carbonyl (C=O) groups is 1. The third-order valence-corrected chi connectivity index (χ3v) is 7.84. The minimum Gasteiger partial charge on any atom is -0.488 e. The Bertz CT molecular complexity index is 1740. The van der Waals surface area contributed by atoms with Gasteiger partial charge in [0.25, 0.3) is 0 Å². The second-order valence-electron chi connectivity index (χ2n) is 10.2. The summed E-state index contributed by atoms with van der Waals surface area (Å²) in [5, 5.41) is 10.6. The van der Waals surface area contributed by atoms with Gasteiger partial charge in [0.15, 0.2) is 0 Å². The number of aromatic nitrogens is 4. The molecule has 6 rings (SSSR count). The number of hydrogen-bond donors (Lipinski definition) is 1. The van der Waals surface area contributed by atoms with Crippen molar-refractivity contribution in [3.63, 3.8) is 0 Å². The number of hydrogen-bond acceptors (Lipinski definition) is 6. The van der Waals surface area contributed by atoms with Crippen molar-refractivity contribution in [2.24, 2.45) is 0 Å². The van der Waals surface area contributed by atoms with Crippen molar-refractivity contribution in [1.29, 1.82) is 0 Å². The molecule has 9 nitrogen and oxygen atoms in total. The summed E-state index contributed by atoms with van der Waals surface area (Å²) < 4.78 is 16.3. The van der Waals surface area contributed by atoms with Crippen molar-refractivity contribution in [3.05, 3.63) is 106 Å². The van der Waals surface area contributed by atoms with E-state index in [0.29, 0.717) is 35.5 Å². The quantitative estimate of drug-likeness (QED) is 0.193. The largest absolute Gasteiger partial charge is 0.488 e. The predicted octanol–water partition coefficient (Wildman–Crippen LogP) is 6.15. The van der Waals surface area contributed by atoms with Crippen LogP contribution < -0.4 is 9.47 Å². The second kappa shape index (κ2) is 12.1. The molecule has 0 bridgehead atoms. The van der Waals surface area contributed by atoms with Crippen LogP contribution in [0.1, 0.15) is 34.4 Å². The van der Waals surface area contributed by atoms with Crippen LogP contribution in [0.3, 0.4) is 0 Å². The lowest BCUT2D eigenvalue weighted by Gasteiger charge is -2.38. The molecule has 2 aromatic heterocycles. The van der Waals surface area contributed by atoms with Gasteiger partial charge < -0.3 is 23.7 Å². The lowest BCUT2D eigenvalue weighted by atomic mass is 10.1. The first-order valence-electron chi connectivity index (χ1n) is 13.6. The molecule has 0 unspecified atom stereocenters. The number of carboxylic acid groups (broad SMARTS) is 1. The summed E-state index contributed by atoms with van der Waals surface area (Å²) in [7, 11) is 0. The first-order valence-corrected chi connectivity index (χ1v) is 14.4. The highest BCUT2D eigenvalue weighted by Gasteiger charge is 2.30. The van der Waals surface area contributed by atoms with Crippen LogP contribution in [0, 0.1) is 0 Å². The predicted molar refractivity (Wildman–Crippen MR) is 161 cm³/mol. The van der Waals surface area contributed by atoms with E-state index in [1.165, 1.54) is 0 Å². The maximum absolute atomic E-state index is 11.7. The van der Waals surface area contributed by atoms with Crippen LogP contribution in [0.15, 0.2) is 73.2 Å². The lowest BCUT2D eigenvalue weighted by Crippen LogP contribution is -2.53. The molecule has 1 aliphatic heterocycles. The molecule has 0 amide bonds. The smallest absolute Gasteiger partial charge is 0.335 e. The molecule has 42 heavy (non-hydrogen) atoms. The molecule has 0 spiro atoms. The SMILES string of the molecule is CCn1cncc1Cn1c(CN2CC(Oc3cccc(COc4ccc(Cl)cc4Cl)c3)C2)nc2ccc(C(=O)O)cc21. The fourth-order valence-electron chi connectivity index (χ4n) is 5.11. The average Bonchev–Trinajstić information content (AvgIpc) is 3.55. The minimum absolute atomic E-state index is 0.0462. The van der Waals surface area contributed by atoms with Gasteiger partial charge in [0, 0.05) is 30.9 Å². The molecular formula is C31H29Cl2N5O4. The number of imidazole rings is 2. The first-order chi connectivity index (χ1) is 20.4. The van der Waals surface area contributed by atoms with Crippen molar-refractivity contribution in [1.82, 2.24) is 24.0 Å². The molecule has 3 heterocycles. The zero-order valence-electron chi connectivity index (χ0n) is 22.9. The van der Waals surface area contributed by atoms with Gasteiger partial charge in [0.1, 0.15) is 30.0 Å². The molecule has 5 aromatic rings. The normalized spacial score (nSPS) is 13.8. The molecule has 3 aromatic carbocycles. The Morgan fingerprint density at radius 2 is 1.93 bits per heavy atom. The molecule has 1 N–H and O–H groups in total. The Labute approximate surface area is 252 Å². The second-order valence-corrected chi connectivity index (χ2v) is 11.1. The van der Waals surface area contributed by atoms with E-state index in [1.54, 1.807) is 36.4 Å². The number of ether oxygens (including phenoxy) is 2. The molecular weight excluding hydrogens is 577 g/mol. The third-order valence-electron chi connectivity index (χ3n) is 7.31. The fourth-order valence-corrected chi connectivity index (χ4v) is 5.57. The van der Waals surface area contributed by atoms with E-state index in [2.05, 4.69) is 25.9 Å². The summed E-state index contributed by atoms with van der Waals surface area (Å²) in [5.74, 6) is 1.27. The van der Waals surface area contributed by atoms with Gasteiger partial charge in [-0.3, -0.25) is 4.90 Å². The number of halogens is 2. The molecule has 216 valence electrons. The van der Waals surface area contributed by atoms with Crippen LogP contribution in [-0.2, 0) is 26.2 Å². The monoisotopic (exact) mass is 605 g/mol. The number of aryl methyl sites for hydroxylation is 1. The maximum atomic E-state index is 11.7. The van der Waals surface area contributed by atoms with Gasteiger partial charge in [-0.1, -0.05) is 35.3 Å². The third kappa shape index (κ3) is 6.09. The van der Waals surface area contributed by atoms with Crippen molar-refractivity contribution >= 4 is 40.2 Å². The number of fused-ring (bicyclic) bond motifs is 1. The van der Waals surface area contributed by atoms with Gasteiger partial charge in [-0.2, -0.15) is 0 Å². The summed E-state index contributed by atoms with van der Waals surface area (Å²) in [4.78, 5) is 23.1. The van der Waals surface area contributed by atoms with Crippen molar-refractivity contribution in [3.8, 4) is 11.5 Å². The molecule has 1 saturated heterocycles. The summed E-state index contributed by atoms with van der Waals surface area (Å²) in [5.41, 5.74) is 3.80. The Hall–Kier alpha value is -4.05. The molecule has 0 aliphatic carbocycles. The summed E-state index contributed by atoms with van der Waals surface area (Å²) in [6.45, 7) is 5.88. The van der Waals surface area contributed by atoms with E-state index >= 15 is 0 Å². The number of nitrogens with zero attached hydrogens (tertiary/aromatic N) is 5. The fraction of sp³-hybridized carbons (Fsp3) is 0.258. The molecule has 0 atom stereocenters. The van der Waals surface area contributed by atoms with Crippen LogP contribution in [-0.4, -0.2) is 54.3 Å². The van der Waals surface area contributed by atoms with Crippen LogP contribution in [0.2, 0.25) is 10.0 Å². The van der Waals surface area contributed by atoms with Crippen molar-refractivity contribution in [2.45, 2.75) is 39.3 Å². The number of likely N-dealkylation sites (tertiary alicyclic amines) is 1. The zero-order valence-corrected chi connectivity index (χ0v) is 24.4. The minimum atomic E-state index is -0.961. The standard InChI is InChI=1S/C31H29Cl2N5O4/c1-2-37-19-34-13-23(37)14-38-28-11-21(31(39)40)6-8-27(28)35-30(38)17-36-15-25(16-36)42-24-5-3-4-20(10-24)18-41-29-9-7-22(32)12-26(29)33/h3-13,19,25H,2,14-18H2,1H3,(H,39,40). The molecule has 0 saturated carbocycles. The lowest BCUT2D eigenvalue weighted by molar-refractivity contribution is 0.0124. The molecule has 1 fully saturated rings. The van der Waals surface area contributed by atoms with Gasteiger partial charge >= 0.3 is 5.97 Å². The summed E-state index contributed by atoms with van der Waals surface area (Å²) >= 11 is 12.2. The van der Waals surface area contributed by atoms with Gasteiger partial charge in [0.05, 0.1) is 46.7 Å². The van der Waals surface area contributed by atoms with E-state index in [1.807, 2.05) is 36.8 Å². The number of aromatic carboxylic acids is 1. The van der Waals surface area contributed by atoms with Gasteiger partial charge in [-0.05, 0) is 61.0 Å². The number of rotatable bonds is 11. The maximum Gasteiger partial charge on any atom is 0.335 e. The number of carboxylic acids is 1. The van der Waals surface area contributed by atoms with E-state index < -0.39 is 5.97 Å². The highest BCUT2D eigenvalue weighted by atomic mass is 35.5. The van der Waals surface area contributed by atoms with Crippen molar-refractivity contribution in [2.75, 3.05) is 13.1 Å². The Morgan fingerprint density at radius 1 is 1.07 bits per heavy atom. The Kier molecular flexibility index (Phi) is 8.06. The van der Waals surface area contributed by atoms with E-state index in [-0.39, 0.29) is 11.7 Å². The number of benzene rings is 3. The van der Waals surface area contributed by atoms with Gasteiger partial charge in [-0.25, -0.2) is 14.8 Å². The summed E-state index contributed by atoms with van der Waals surface area (Å²) in [6, 6.07) is 18.1. The molecule has 0 radical (unpaired) electrons. The topological polar surface area (TPSA) is 94.6 Å². The van der Waals surface area contributed by atoms with Crippen LogP contribution in [0.4, 0.5) is 0 Å². The molecule has 1 aliphatic rings. The van der Waals surface area contributed by atoms with Crippen LogP contribution in [0.5, 0.6) is 11.5 Å². The van der Waals surface area contributed by atoms with Gasteiger partial charge in [-0.15, -0.1) is 0 Å².